The fourth-order valence-corrected chi connectivity index (χ4v) is 1.76. The van der Waals surface area contributed by atoms with E-state index in [9.17, 15) is 0 Å². The fraction of sp³-hybridized carbons (Fsp3) is 0.273. The molecule has 0 aliphatic carbocycles. The third-order valence-electron chi connectivity index (χ3n) is 2.55. The molecular formula is C11H12N6O. The number of anilines is 1. The first kappa shape index (κ1) is 10.7. The molecule has 0 amide bonds. The van der Waals surface area contributed by atoms with Gasteiger partial charge in [-0.15, -0.1) is 14.8 Å². The smallest absolute Gasteiger partial charge is 0.200 e. The fourth-order valence-electron chi connectivity index (χ4n) is 1.76. The lowest BCUT2D eigenvalue weighted by atomic mass is 10.2. The monoisotopic (exact) mass is 244 g/mol. The van der Waals surface area contributed by atoms with Crippen molar-refractivity contribution in [1.82, 2.24) is 25.3 Å². The van der Waals surface area contributed by atoms with Gasteiger partial charge in [-0.05, 0) is 41.6 Å². The van der Waals surface area contributed by atoms with Crippen LogP contribution in [-0.4, -0.2) is 31.3 Å². The molecule has 3 heterocycles. The average Bonchev–Trinajstić information content (AvgIpc) is 2.98. The van der Waals surface area contributed by atoms with E-state index in [0.717, 1.165) is 18.0 Å². The van der Waals surface area contributed by atoms with Crippen molar-refractivity contribution in [1.29, 1.82) is 0 Å². The Bertz CT molecular complexity index is 632. The Morgan fingerprint density at radius 2 is 2.33 bits per heavy atom. The minimum absolute atomic E-state index is 0.206. The average molecular weight is 244 g/mol. The van der Waals surface area contributed by atoms with E-state index < -0.39 is 0 Å². The summed E-state index contributed by atoms with van der Waals surface area (Å²) < 4.78 is 6.69. The molecule has 0 aliphatic rings. The van der Waals surface area contributed by atoms with E-state index in [1.54, 1.807) is 6.26 Å². The molecule has 92 valence electrons. The molecule has 18 heavy (non-hydrogen) atoms. The van der Waals surface area contributed by atoms with Crippen LogP contribution in [0.5, 0.6) is 0 Å². The van der Waals surface area contributed by atoms with Crippen LogP contribution in [-0.2, 0) is 6.42 Å². The van der Waals surface area contributed by atoms with Crippen LogP contribution in [0.4, 0.5) is 5.82 Å². The summed E-state index contributed by atoms with van der Waals surface area (Å²) in [6.07, 6.45) is 2.47. The van der Waals surface area contributed by atoms with Crippen LogP contribution in [0.2, 0.25) is 0 Å². The van der Waals surface area contributed by atoms with Gasteiger partial charge in [0.05, 0.1) is 6.26 Å². The Morgan fingerprint density at radius 1 is 1.39 bits per heavy atom. The van der Waals surface area contributed by atoms with Gasteiger partial charge in [0, 0.05) is 12.5 Å². The SMILES string of the molecule is CC(Cc1ccco1)Nc1ccc2nnnn2n1. The number of nitrogens with one attached hydrogen (secondary N) is 1. The first-order valence-corrected chi connectivity index (χ1v) is 5.65. The number of tetrazole rings is 1. The van der Waals surface area contributed by atoms with Crippen LogP contribution in [0.1, 0.15) is 12.7 Å². The second-order valence-electron chi connectivity index (χ2n) is 4.07. The molecule has 0 spiro atoms. The summed E-state index contributed by atoms with van der Waals surface area (Å²) >= 11 is 0. The molecule has 0 bridgehead atoms. The van der Waals surface area contributed by atoms with Gasteiger partial charge in [0.1, 0.15) is 11.6 Å². The molecule has 0 saturated heterocycles. The second kappa shape index (κ2) is 4.44. The third kappa shape index (κ3) is 2.15. The van der Waals surface area contributed by atoms with Crippen molar-refractivity contribution in [2.24, 2.45) is 0 Å². The van der Waals surface area contributed by atoms with Gasteiger partial charge in [-0.2, -0.15) is 0 Å². The van der Waals surface area contributed by atoms with Crippen LogP contribution >= 0.6 is 0 Å². The summed E-state index contributed by atoms with van der Waals surface area (Å²) in [4.78, 5) is 0. The van der Waals surface area contributed by atoms with E-state index in [4.69, 9.17) is 4.42 Å². The van der Waals surface area contributed by atoms with Gasteiger partial charge < -0.3 is 9.73 Å². The normalized spacial score (nSPS) is 12.7. The number of aromatic nitrogens is 5. The molecular weight excluding hydrogens is 232 g/mol. The van der Waals surface area contributed by atoms with Crippen molar-refractivity contribution in [3.05, 3.63) is 36.3 Å². The Hall–Kier alpha value is -2.44. The van der Waals surface area contributed by atoms with E-state index in [-0.39, 0.29) is 6.04 Å². The maximum atomic E-state index is 5.30. The van der Waals surface area contributed by atoms with Crippen molar-refractivity contribution in [2.75, 3.05) is 5.32 Å². The molecule has 3 aromatic rings. The summed E-state index contributed by atoms with van der Waals surface area (Å²) in [6, 6.07) is 7.71. The van der Waals surface area contributed by atoms with Crippen LogP contribution in [0, 0.1) is 0 Å². The molecule has 3 aromatic heterocycles. The molecule has 0 fully saturated rings. The van der Waals surface area contributed by atoms with E-state index in [0.29, 0.717) is 5.65 Å². The van der Waals surface area contributed by atoms with Crippen LogP contribution in [0.25, 0.3) is 5.65 Å². The number of rotatable bonds is 4. The zero-order chi connectivity index (χ0) is 12.4. The van der Waals surface area contributed by atoms with Gasteiger partial charge in [0.2, 0.25) is 0 Å². The second-order valence-corrected chi connectivity index (χ2v) is 4.07. The number of hydrogen-bond acceptors (Lipinski definition) is 6. The molecule has 0 aliphatic heterocycles. The van der Waals surface area contributed by atoms with Gasteiger partial charge in [-0.1, -0.05) is 0 Å². The summed E-state index contributed by atoms with van der Waals surface area (Å²) in [6.45, 7) is 2.06. The molecule has 7 heteroatoms. The van der Waals surface area contributed by atoms with Gasteiger partial charge in [0.25, 0.3) is 0 Å². The minimum Gasteiger partial charge on any atom is -0.469 e. The number of hydrogen-bond donors (Lipinski definition) is 1. The Morgan fingerprint density at radius 3 is 3.17 bits per heavy atom. The molecule has 3 rings (SSSR count). The summed E-state index contributed by atoms with van der Waals surface area (Å²) in [5.74, 6) is 1.67. The molecule has 0 saturated carbocycles. The lowest BCUT2D eigenvalue weighted by Crippen LogP contribution is -2.19. The Balaban J connectivity index is 1.71. The highest BCUT2D eigenvalue weighted by Gasteiger charge is 2.07. The molecule has 0 aromatic carbocycles. The van der Waals surface area contributed by atoms with Gasteiger partial charge in [0.15, 0.2) is 5.65 Å². The van der Waals surface area contributed by atoms with Crippen LogP contribution in [0.3, 0.4) is 0 Å². The highest BCUT2D eigenvalue weighted by Crippen LogP contribution is 2.09. The predicted molar refractivity (Wildman–Crippen MR) is 64.1 cm³/mol. The first-order chi connectivity index (χ1) is 8.81. The quantitative estimate of drug-likeness (QED) is 0.741. The minimum atomic E-state index is 0.206. The van der Waals surface area contributed by atoms with Crippen LogP contribution in [0.15, 0.2) is 34.9 Å². The number of fused-ring (bicyclic) bond motifs is 1. The standard InChI is InChI=1S/C11H12N6O/c1-8(7-9-3-2-6-18-9)12-10-4-5-11-13-15-16-17(11)14-10/h2-6,8H,7H2,1H3,(H,12,14). The van der Waals surface area contributed by atoms with Crippen LogP contribution < -0.4 is 5.32 Å². The van der Waals surface area contributed by atoms with E-state index in [1.807, 2.05) is 24.3 Å². The molecule has 1 N–H and O–H groups in total. The number of furan rings is 1. The van der Waals surface area contributed by atoms with Crippen molar-refractivity contribution in [3.8, 4) is 0 Å². The lowest BCUT2D eigenvalue weighted by molar-refractivity contribution is 0.497. The summed E-state index contributed by atoms with van der Waals surface area (Å²) in [7, 11) is 0. The number of nitrogens with zero attached hydrogens (tertiary/aromatic N) is 5. The highest BCUT2D eigenvalue weighted by molar-refractivity contribution is 5.42. The van der Waals surface area contributed by atoms with Crippen molar-refractivity contribution < 1.29 is 4.42 Å². The summed E-state index contributed by atoms with van der Waals surface area (Å²) in [5, 5.41) is 18.6. The molecule has 7 nitrogen and oxygen atoms in total. The van der Waals surface area contributed by atoms with Gasteiger partial charge in [-0.25, -0.2) is 0 Å². The zero-order valence-corrected chi connectivity index (χ0v) is 9.82. The third-order valence-corrected chi connectivity index (χ3v) is 2.55. The van der Waals surface area contributed by atoms with Crippen molar-refractivity contribution >= 4 is 11.5 Å². The van der Waals surface area contributed by atoms with E-state index >= 15 is 0 Å². The predicted octanol–water partition coefficient (Wildman–Crippen LogP) is 1.16. The largest absolute Gasteiger partial charge is 0.469 e. The van der Waals surface area contributed by atoms with Crippen molar-refractivity contribution in [3.63, 3.8) is 0 Å². The first-order valence-electron chi connectivity index (χ1n) is 5.65. The maximum Gasteiger partial charge on any atom is 0.200 e. The molecule has 1 atom stereocenters. The maximum absolute atomic E-state index is 5.30. The molecule has 1 unspecified atom stereocenters. The van der Waals surface area contributed by atoms with Crippen molar-refractivity contribution in [2.45, 2.75) is 19.4 Å². The topological polar surface area (TPSA) is 81.1 Å². The Labute approximate surface area is 103 Å². The molecule has 0 radical (unpaired) electrons. The van der Waals surface area contributed by atoms with E-state index in [1.165, 1.54) is 4.63 Å². The zero-order valence-electron chi connectivity index (χ0n) is 9.82. The van der Waals surface area contributed by atoms with Gasteiger partial charge >= 0.3 is 0 Å². The summed E-state index contributed by atoms with van der Waals surface area (Å²) in [5.41, 5.74) is 0.624. The Kier molecular flexibility index (Phi) is 2.64. The van der Waals surface area contributed by atoms with Gasteiger partial charge in [-0.3, -0.25) is 0 Å². The highest BCUT2D eigenvalue weighted by atomic mass is 16.3. The van der Waals surface area contributed by atoms with E-state index in [2.05, 4.69) is 32.9 Å². The lowest BCUT2D eigenvalue weighted by Gasteiger charge is -2.12.